The van der Waals surface area contributed by atoms with Crippen LogP contribution in [-0.2, 0) is 17.1 Å². The van der Waals surface area contributed by atoms with Crippen molar-refractivity contribution < 1.29 is 17.9 Å². The lowest BCUT2D eigenvalue weighted by molar-refractivity contribution is 0.171. The summed E-state index contributed by atoms with van der Waals surface area (Å²) in [5, 5.41) is 1.19. The molecule has 0 saturated carbocycles. The van der Waals surface area contributed by atoms with Gasteiger partial charge >= 0.3 is 0 Å². The predicted octanol–water partition coefficient (Wildman–Crippen LogP) is 3.13. The van der Waals surface area contributed by atoms with Crippen LogP contribution < -0.4 is 9.47 Å². The van der Waals surface area contributed by atoms with Gasteiger partial charge in [0.25, 0.3) is 0 Å². The van der Waals surface area contributed by atoms with Gasteiger partial charge in [-0.15, -0.1) is 0 Å². The molecule has 0 aliphatic carbocycles. The van der Waals surface area contributed by atoms with E-state index in [9.17, 15) is 8.42 Å². The molecule has 1 aromatic heterocycles. The lowest BCUT2D eigenvalue weighted by atomic mass is 10.1. The van der Waals surface area contributed by atoms with E-state index in [0.717, 1.165) is 6.42 Å². The van der Waals surface area contributed by atoms with Gasteiger partial charge in [-0.1, -0.05) is 18.2 Å². The molecule has 0 bridgehead atoms. The maximum absolute atomic E-state index is 13.2. The zero-order chi connectivity index (χ0) is 19.3. The molecule has 1 atom stereocenters. The van der Waals surface area contributed by atoms with E-state index in [-0.39, 0.29) is 10.8 Å². The minimum atomic E-state index is -3.57. The molecule has 28 heavy (non-hydrogen) atoms. The molecule has 3 aromatic rings. The Morgan fingerprint density at radius 1 is 1.00 bits per heavy atom. The average molecular weight is 398 g/mol. The van der Waals surface area contributed by atoms with Crippen LogP contribution in [0.15, 0.2) is 53.4 Å². The highest BCUT2D eigenvalue weighted by atomic mass is 32.2. The zero-order valence-electron chi connectivity index (χ0n) is 15.7. The molecule has 2 aliphatic heterocycles. The maximum atomic E-state index is 13.2. The molecule has 146 valence electrons. The Labute approximate surface area is 164 Å². The summed E-state index contributed by atoms with van der Waals surface area (Å²) in [4.78, 5) is 0.259. The van der Waals surface area contributed by atoms with Crippen molar-refractivity contribution in [3.05, 3.63) is 54.2 Å². The van der Waals surface area contributed by atoms with E-state index in [1.165, 1.54) is 16.6 Å². The quantitative estimate of drug-likeness (QED) is 0.680. The molecule has 0 radical (unpaired) electrons. The summed E-state index contributed by atoms with van der Waals surface area (Å²) >= 11 is 0. The second kappa shape index (κ2) is 6.53. The Balaban J connectivity index is 1.42. The van der Waals surface area contributed by atoms with Crippen LogP contribution in [0.25, 0.3) is 10.9 Å². The standard InChI is InChI=1S/C21H22N2O4S/c1-22-18-5-3-2-4-15(18)12-19(22)16-8-9-23(14-16)28(24,25)17-6-7-20-21(13-17)27-11-10-26-20/h2-7,12-13,16H,8-11,14H2,1H3. The van der Waals surface area contributed by atoms with Crippen LogP contribution in [0, 0.1) is 0 Å². The monoisotopic (exact) mass is 398 g/mol. The van der Waals surface area contributed by atoms with Gasteiger partial charge in [0.05, 0.1) is 4.90 Å². The van der Waals surface area contributed by atoms with Crippen LogP contribution in [0.2, 0.25) is 0 Å². The molecule has 2 aliphatic rings. The number of fused-ring (bicyclic) bond motifs is 2. The fourth-order valence-electron chi connectivity index (χ4n) is 4.22. The van der Waals surface area contributed by atoms with E-state index < -0.39 is 10.0 Å². The van der Waals surface area contributed by atoms with Gasteiger partial charge in [-0.25, -0.2) is 8.42 Å². The first-order valence-electron chi connectivity index (χ1n) is 9.48. The number of hydrogen-bond donors (Lipinski definition) is 0. The van der Waals surface area contributed by atoms with Crippen LogP contribution in [0.1, 0.15) is 18.0 Å². The minimum absolute atomic E-state index is 0.185. The molecule has 1 saturated heterocycles. The van der Waals surface area contributed by atoms with Crippen LogP contribution >= 0.6 is 0 Å². The molecule has 7 heteroatoms. The van der Waals surface area contributed by atoms with Crippen molar-refractivity contribution >= 4 is 20.9 Å². The van der Waals surface area contributed by atoms with Gasteiger partial charge in [-0.3, -0.25) is 0 Å². The first-order chi connectivity index (χ1) is 13.5. The molecule has 3 heterocycles. The topological polar surface area (TPSA) is 60.8 Å². The van der Waals surface area contributed by atoms with Crippen LogP contribution in [0.3, 0.4) is 0 Å². The summed E-state index contributed by atoms with van der Waals surface area (Å²) in [6.07, 6.45) is 0.813. The van der Waals surface area contributed by atoms with Crippen molar-refractivity contribution in [1.29, 1.82) is 0 Å². The van der Waals surface area contributed by atoms with Crippen LogP contribution in [0.5, 0.6) is 11.5 Å². The molecular weight excluding hydrogens is 376 g/mol. The molecule has 5 rings (SSSR count). The third-order valence-electron chi connectivity index (χ3n) is 5.71. The lowest BCUT2D eigenvalue weighted by Crippen LogP contribution is -2.29. The van der Waals surface area contributed by atoms with Gasteiger partial charge in [0, 0.05) is 43.3 Å². The molecule has 0 N–H and O–H groups in total. The van der Waals surface area contributed by atoms with E-state index in [2.05, 4.69) is 29.8 Å². The number of aryl methyl sites for hydroxylation is 1. The van der Waals surface area contributed by atoms with Gasteiger partial charge in [-0.05, 0) is 36.1 Å². The van der Waals surface area contributed by atoms with E-state index in [1.807, 2.05) is 12.1 Å². The molecule has 1 fully saturated rings. The van der Waals surface area contributed by atoms with E-state index in [1.54, 1.807) is 22.5 Å². The van der Waals surface area contributed by atoms with Crippen LogP contribution in [0.4, 0.5) is 0 Å². The lowest BCUT2D eigenvalue weighted by Gasteiger charge is -2.21. The van der Waals surface area contributed by atoms with Crippen LogP contribution in [-0.4, -0.2) is 43.6 Å². The van der Waals surface area contributed by atoms with Crippen molar-refractivity contribution in [2.45, 2.75) is 17.2 Å². The van der Waals surface area contributed by atoms with Gasteiger partial charge in [0.1, 0.15) is 13.2 Å². The normalized spacial score (nSPS) is 20.0. The maximum Gasteiger partial charge on any atom is 0.243 e. The summed E-state index contributed by atoms with van der Waals surface area (Å²) in [5.74, 6) is 1.28. The third kappa shape index (κ3) is 2.77. The molecular formula is C21H22N2O4S. The number of benzene rings is 2. The first kappa shape index (κ1) is 17.6. The molecule has 0 spiro atoms. The number of nitrogens with zero attached hydrogens (tertiary/aromatic N) is 2. The number of rotatable bonds is 3. The van der Waals surface area contributed by atoms with Crippen molar-refractivity contribution in [3.63, 3.8) is 0 Å². The highest BCUT2D eigenvalue weighted by Gasteiger charge is 2.35. The van der Waals surface area contributed by atoms with Gasteiger partial charge < -0.3 is 14.0 Å². The summed E-state index contributed by atoms with van der Waals surface area (Å²) in [6.45, 7) is 1.92. The fourth-order valence-corrected chi connectivity index (χ4v) is 5.74. The average Bonchev–Trinajstić information content (AvgIpc) is 3.33. The van der Waals surface area contributed by atoms with E-state index >= 15 is 0 Å². The zero-order valence-corrected chi connectivity index (χ0v) is 16.5. The SMILES string of the molecule is Cn1c(C2CCN(S(=O)(=O)c3ccc4c(c3)OCCO4)C2)cc2ccccc21. The molecule has 0 amide bonds. The van der Waals surface area contributed by atoms with Crippen molar-refractivity contribution in [2.75, 3.05) is 26.3 Å². The fraction of sp³-hybridized carbons (Fsp3) is 0.333. The van der Waals surface area contributed by atoms with Crippen molar-refractivity contribution in [1.82, 2.24) is 8.87 Å². The largest absolute Gasteiger partial charge is 0.486 e. The highest BCUT2D eigenvalue weighted by Crippen LogP contribution is 2.36. The van der Waals surface area contributed by atoms with Crippen molar-refractivity contribution in [2.24, 2.45) is 7.05 Å². The third-order valence-corrected chi connectivity index (χ3v) is 7.57. The Morgan fingerprint density at radius 3 is 2.61 bits per heavy atom. The number of aromatic nitrogens is 1. The summed E-state index contributed by atoms with van der Waals surface area (Å²) in [5.41, 5.74) is 2.35. The number of ether oxygens (including phenoxy) is 2. The Morgan fingerprint density at radius 2 is 1.79 bits per heavy atom. The smallest absolute Gasteiger partial charge is 0.243 e. The Bertz CT molecular complexity index is 1150. The van der Waals surface area contributed by atoms with Gasteiger partial charge in [-0.2, -0.15) is 4.31 Å². The van der Waals surface area contributed by atoms with E-state index in [4.69, 9.17) is 9.47 Å². The Kier molecular flexibility index (Phi) is 4.10. The van der Waals surface area contributed by atoms with Gasteiger partial charge in [0.2, 0.25) is 10.0 Å². The number of sulfonamides is 1. The second-order valence-corrected chi connectivity index (χ2v) is 9.28. The molecule has 1 unspecified atom stereocenters. The molecule has 2 aromatic carbocycles. The number of para-hydroxylation sites is 1. The van der Waals surface area contributed by atoms with E-state index in [0.29, 0.717) is 37.8 Å². The summed E-state index contributed by atoms with van der Waals surface area (Å²) < 4.78 is 41.2. The summed E-state index contributed by atoms with van der Waals surface area (Å²) in [7, 11) is -1.52. The minimum Gasteiger partial charge on any atom is -0.486 e. The van der Waals surface area contributed by atoms with Crippen molar-refractivity contribution in [3.8, 4) is 11.5 Å². The van der Waals surface area contributed by atoms with Gasteiger partial charge in [0.15, 0.2) is 11.5 Å². The first-order valence-corrected chi connectivity index (χ1v) is 10.9. The second-order valence-electron chi connectivity index (χ2n) is 7.34. The predicted molar refractivity (Wildman–Crippen MR) is 106 cm³/mol. The Hall–Kier alpha value is -2.51. The number of hydrogen-bond acceptors (Lipinski definition) is 4. The highest BCUT2D eigenvalue weighted by molar-refractivity contribution is 7.89. The summed E-state index contributed by atoms with van der Waals surface area (Å²) in [6, 6.07) is 15.3. The molecule has 6 nitrogen and oxygen atoms in total.